The molecule has 1 aliphatic rings. The Morgan fingerprint density at radius 2 is 1.79 bits per heavy atom. The molecule has 1 saturated heterocycles. The molecule has 2 N–H and O–H groups in total. The number of fused-ring (bicyclic) bond motifs is 1. The first kappa shape index (κ1) is 21.9. The molecule has 0 spiro atoms. The zero-order valence-electron chi connectivity index (χ0n) is 18.7. The van der Waals surface area contributed by atoms with E-state index in [1.54, 1.807) is 0 Å². The van der Waals surface area contributed by atoms with Crippen LogP contribution >= 0.6 is 12.2 Å². The third kappa shape index (κ3) is 4.30. The molecule has 0 bridgehead atoms. The minimum Gasteiger partial charge on any atom is -0.361 e. The fourth-order valence-corrected chi connectivity index (χ4v) is 4.62. The van der Waals surface area contributed by atoms with Gasteiger partial charge in [-0.3, -0.25) is 14.5 Å². The molecule has 4 aromatic rings. The van der Waals surface area contributed by atoms with E-state index in [2.05, 4.69) is 10.3 Å². The van der Waals surface area contributed by atoms with E-state index in [-0.39, 0.29) is 18.2 Å². The summed E-state index contributed by atoms with van der Waals surface area (Å²) in [6, 6.07) is 24.4. The molecule has 170 valence electrons. The van der Waals surface area contributed by atoms with Crippen molar-refractivity contribution in [3.63, 3.8) is 0 Å². The molecule has 1 fully saturated rings. The number of hydrogen-bond donors (Lipinski definition) is 2. The number of hydrogen-bond acceptors (Lipinski definition) is 3. The summed E-state index contributed by atoms with van der Waals surface area (Å²) >= 11 is 5.74. The summed E-state index contributed by atoms with van der Waals surface area (Å²) in [6.45, 7) is 2.48. The number of aromatic nitrogens is 1. The quantitative estimate of drug-likeness (QED) is 0.391. The number of aromatic amines is 1. The molecular weight excluding hydrogens is 444 g/mol. The van der Waals surface area contributed by atoms with Gasteiger partial charge in [-0.25, -0.2) is 0 Å². The highest BCUT2D eigenvalue weighted by Gasteiger charge is 2.44. The van der Waals surface area contributed by atoms with E-state index in [1.807, 2.05) is 96.9 Å². The number of para-hydroxylation sites is 1. The third-order valence-corrected chi connectivity index (χ3v) is 6.44. The minimum absolute atomic E-state index is 0.00304. The molecule has 0 saturated carbocycles. The fraction of sp³-hybridized carbons (Fsp3) is 0.148. The Hall–Kier alpha value is -3.97. The maximum Gasteiger partial charge on any atom is 0.256 e. The summed E-state index contributed by atoms with van der Waals surface area (Å²) in [4.78, 5) is 33.1. The third-order valence-electron chi connectivity index (χ3n) is 6.02. The van der Waals surface area contributed by atoms with Gasteiger partial charge in [-0.05, 0) is 60.4 Å². The highest BCUT2D eigenvalue weighted by Crippen LogP contribution is 2.29. The Bertz CT molecular complexity index is 1360. The highest BCUT2D eigenvalue weighted by atomic mass is 32.1. The van der Waals surface area contributed by atoms with Crippen LogP contribution in [0.25, 0.3) is 10.9 Å². The first-order chi connectivity index (χ1) is 16.5. The predicted molar refractivity (Wildman–Crippen MR) is 139 cm³/mol. The van der Waals surface area contributed by atoms with Crippen molar-refractivity contribution in [1.29, 1.82) is 0 Å². The van der Waals surface area contributed by atoms with Crippen LogP contribution in [0.5, 0.6) is 0 Å². The molecule has 2 heterocycles. The molecule has 6 nitrogen and oxygen atoms in total. The number of nitrogens with zero attached hydrogens (tertiary/aromatic N) is 2. The minimum atomic E-state index is -0.691. The molecule has 0 aliphatic carbocycles. The van der Waals surface area contributed by atoms with E-state index < -0.39 is 6.04 Å². The van der Waals surface area contributed by atoms with Gasteiger partial charge in [0, 0.05) is 23.9 Å². The van der Waals surface area contributed by atoms with Crippen molar-refractivity contribution in [3.8, 4) is 0 Å². The van der Waals surface area contributed by atoms with Crippen molar-refractivity contribution >= 4 is 51.4 Å². The van der Waals surface area contributed by atoms with E-state index >= 15 is 0 Å². The van der Waals surface area contributed by atoms with Gasteiger partial charge in [-0.15, -0.1) is 0 Å². The Kier molecular flexibility index (Phi) is 5.86. The van der Waals surface area contributed by atoms with Crippen molar-refractivity contribution in [2.75, 3.05) is 10.2 Å². The molecule has 34 heavy (non-hydrogen) atoms. The van der Waals surface area contributed by atoms with Gasteiger partial charge in [-0.1, -0.05) is 54.1 Å². The lowest BCUT2D eigenvalue weighted by molar-refractivity contribution is -0.124. The summed E-state index contributed by atoms with van der Waals surface area (Å²) in [6.07, 6.45) is 1.85. The van der Waals surface area contributed by atoms with Crippen LogP contribution in [0, 0.1) is 6.92 Å². The summed E-state index contributed by atoms with van der Waals surface area (Å²) in [7, 11) is 0. The zero-order valence-corrected chi connectivity index (χ0v) is 19.5. The summed E-state index contributed by atoms with van der Waals surface area (Å²) in [5.74, 6) is -0.436. The largest absolute Gasteiger partial charge is 0.361 e. The van der Waals surface area contributed by atoms with E-state index in [9.17, 15) is 9.59 Å². The van der Waals surface area contributed by atoms with Gasteiger partial charge in [0.05, 0.1) is 12.1 Å². The topological polar surface area (TPSA) is 68.4 Å². The molecule has 1 aromatic heterocycles. The lowest BCUT2D eigenvalue weighted by atomic mass is 10.1. The van der Waals surface area contributed by atoms with Crippen LogP contribution in [0.2, 0.25) is 0 Å². The van der Waals surface area contributed by atoms with Gasteiger partial charge in [0.25, 0.3) is 5.91 Å². The lowest BCUT2D eigenvalue weighted by Gasteiger charge is -2.24. The summed E-state index contributed by atoms with van der Waals surface area (Å²) < 4.78 is 0. The van der Waals surface area contributed by atoms with E-state index in [0.29, 0.717) is 23.0 Å². The molecule has 0 radical (unpaired) electrons. The molecule has 1 atom stereocenters. The maximum absolute atomic E-state index is 13.5. The van der Waals surface area contributed by atoms with Gasteiger partial charge in [0.1, 0.15) is 6.04 Å². The van der Waals surface area contributed by atoms with Gasteiger partial charge in [0.2, 0.25) is 5.91 Å². The molecular formula is C27H24N4O2S. The van der Waals surface area contributed by atoms with Crippen LogP contribution in [0.1, 0.15) is 17.5 Å². The Labute approximate surface area is 203 Å². The number of nitrogens with one attached hydrogen (secondary N) is 2. The smallest absolute Gasteiger partial charge is 0.256 e. The van der Waals surface area contributed by atoms with Crippen LogP contribution < -0.4 is 10.2 Å². The first-order valence-electron chi connectivity index (χ1n) is 11.1. The van der Waals surface area contributed by atoms with Crippen LogP contribution in [-0.2, 0) is 16.1 Å². The molecule has 1 unspecified atom stereocenters. The number of H-pyrrole nitrogens is 1. The average molecular weight is 469 g/mol. The molecule has 5 rings (SSSR count). The van der Waals surface area contributed by atoms with Crippen molar-refractivity contribution in [1.82, 2.24) is 9.88 Å². The number of thiocarbonyl (C=S) groups is 1. The number of amides is 2. The predicted octanol–water partition coefficient (Wildman–Crippen LogP) is 5.01. The van der Waals surface area contributed by atoms with Crippen molar-refractivity contribution in [2.45, 2.75) is 25.9 Å². The monoisotopic (exact) mass is 468 g/mol. The second-order valence-electron chi connectivity index (χ2n) is 8.45. The van der Waals surface area contributed by atoms with Gasteiger partial charge >= 0.3 is 0 Å². The summed E-state index contributed by atoms with van der Waals surface area (Å²) in [5.41, 5.74) is 4.50. The number of rotatable bonds is 6. The molecule has 2 amide bonds. The average Bonchev–Trinajstić information content (AvgIpc) is 3.39. The SMILES string of the molecule is Cc1ccc(CN2C(=S)N(c3ccccc3)C(=O)C2CC(=O)Nc2ccc3cc[nH]c3c2)cc1. The zero-order chi connectivity index (χ0) is 23.7. The maximum atomic E-state index is 13.5. The number of carbonyl (C=O) groups excluding carboxylic acids is 2. The molecule has 1 aliphatic heterocycles. The highest BCUT2D eigenvalue weighted by molar-refractivity contribution is 7.80. The Balaban J connectivity index is 1.40. The van der Waals surface area contributed by atoms with E-state index in [0.717, 1.165) is 22.0 Å². The number of benzene rings is 3. The van der Waals surface area contributed by atoms with Gasteiger partial charge in [0.15, 0.2) is 5.11 Å². The lowest BCUT2D eigenvalue weighted by Crippen LogP contribution is -2.37. The number of aryl methyl sites for hydroxylation is 1. The van der Waals surface area contributed by atoms with Crippen molar-refractivity contribution in [3.05, 3.63) is 96.2 Å². The standard InChI is InChI=1S/C27H24N4O2S/c1-18-7-9-19(10-8-18)17-30-24(26(33)31(27(30)34)22-5-3-2-4-6-22)16-25(32)29-21-12-11-20-13-14-28-23(20)15-21/h2-15,24,28H,16-17H2,1H3,(H,29,32). The fourth-order valence-electron chi connectivity index (χ4n) is 4.23. The van der Waals surface area contributed by atoms with Crippen LogP contribution in [0.15, 0.2) is 85.1 Å². The second kappa shape index (κ2) is 9.11. The van der Waals surface area contributed by atoms with E-state index in [1.165, 1.54) is 4.90 Å². The number of anilines is 2. The van der Waals surface area contributed by atoms with Crippen LogP contribution in [0.4, 0.5) is 11.4 Å². The van der Waals surface area contributed by atoms with Crippen molar-refractivity contribution < 1.29 is 9.59 Å². The summed E-state index contributed by atoms with van der Waals surface area (Å²) in [5, 5.41) is 4.40. The van der Waals surface area contributed by atoms with Crippen LogP contribution in [-0.4, -0.2) is 32.9 Å². The van der Waals surface area contributed by atoms with Gasteiger partial charge < -0.3 is 15.2 Å². The number of carbonyl (C=O) groups is 2. The van der Waals surface area contributed by atoms with E-state index in [4.69, 9.17) is 12.2 Å². The van der Waals surface area contributed by atoms with Gasteiger partial charge in [-0.2, -0.15) is 0 Å². The van der Waals surface area contributed by atoms with Crippen LogP contribution in [0.3, 0.4) is 0 Å². The Morgan fingerprint density at radius 3 is 2.56 bits per heavy atom. The first-order valence-corrected chi connectivity index (χ1v) is 11.5. The normalized spacial score (nSPS) is 15.9. The van der Waals surface area contributed by atoms with Crippen molar-refractivity contribution in [2.24, 2.45) is 0 Å². The molecule has 7 heteroatoms. The second-order valence-corrected chi connectivity index (χ2v) is 8.82. The Morgan fingerprint density at radius 1 is 1.03 bits per heavy atom. The molecule has 3 aromatic carbocycles.